The molecule has 2 atom stereocenters. The number of aryl methyl sites for hydroxylation is 1. The summed E-state index contributed by atoms with van der Waals surface area (Å²) < 4.78 is 14.0. The molecule has 3 rings (SSSR count). The molecule has 32 heavy (non-hydrogen) atoms. The van der Waals surface area contributed by atoms with Crippen LogP contribution in [0, 0.1) is 3.57 Å². The summed E-state index contributed by atoms with van der Waals surface area (Å²) in [6.45, 7) is 11.5. The number of fused-ring (bicyclic) bond motifs is 1. The first kappa shape index (κ1) is 25.0. The fraction of sp³-hybridized carbons (Fsp3) is 0.500. The van der Waals surface area contributed by atoms with Gasteiger partial charge in [0.25, 0.3) is 0 Å². The van der Waals surface area contributed by atoms with Gasteiger partial charge < -0.3 is 19.2 Å². The lowest BCUT2D eigenvalue weighted by Crippen LogP contribution is -2.46. The minimum Gasteiger partial charge on any atom is -0.488 e. The van der Waals surface area contributed by atoms with Crippen molar-refractivity contribution in [2.24, 2.45) is 0 Å². The highest BCUT2D eigenvalue weighted by Gasteiger charge is 2.40. The molecule has 1 aliphatic rings. The van der Waals surface area contributed by atoms with Gasteiger partial charge in [0.1, 0.15) is 11.9 Å². The van der Waals surface area contributed by atoms with Gasteiger partial charge in [0.2, 0.25) is 0 Å². The second-order valence-corrected chi connectivity index (χ2v) is 15.9. The Morgan fingerprint density at radius 2 is 2.12 bits per heavy atom. The summed E-state index contributed by atoms with van der Waals surface area (Å²) in [6, 6.07) is 9.95. The van der Waals surface area contributed by atoms with E-state index >= 15 is 0 Å². The molecule has 0 saturated heterocycles. The number of aromatic nitrogens is 1. The molecule has 2 heterocycles. The van der Waals surface area contributed by atoms with Crippen molar-refractivity contribution in [3.05, 3.63) is 57.4 Å². The third-order valence-electron chi connectivity index (χ3n) is 6.43. The maximum absolute atomic E-state index is 12.2. The summed E-state index contributed by atoms with van der Waals surface area (Å²) in [5.74, 6) is 0.855. The van der Waals surface area contributed by atoms with Crippen LogP contribution in [0.1, 0.15) is 44.4 Å². The summed E-state index contributed by atoms with van der Waals surface area (Å²) >= 11 is 2.30. The summed E-state index contributed by atoms with van der Waals surface area (Å²) in [5, 5.41) is 10.0. The number of carbonyl (C=O) groups is 1. The molecule has 6 nitrogen and oxygen atoms in total. The smallest absolute Gasteiger partial charge is 0.407 e. The van der Waals surface area contributed by atoms with Crippen molar-refractivity contribution >= 4 is 37.0 Å². The third-order valence-corrected chi connectivity index (χ3v) is 11.6. The number of pyridine rings is 1. The molecule has 174 valence electrons. The Morgan fingerprint density at radius 1 is 1.38 bits per heavy atom. The first-order chi connectivity index (χ1) is 15.0. The SMILES string of the molecule is CC(C)(C)[Si](C)(C)O[C@@H](CN(C[C@H]1CCc2cc(I)ccc2O1)C(=O)O)c1cccnc1. The predicted molar refractivity (Wildman–Crippen MR) is 137 cm³/mol. The number of ether oxygens (including phenoxy) is 1. The summed E-state index contributed by atoms with van der Waals surface area (Å²) in [4.78, 5) is 17.9. The largest absolute Gasteiger partial charge is 0.488 e. The monoisotopic (exact) mass is 568 g/mol. The van der Waals surface area contributed by atoms with Crippen molar-refractivity contribution in [3.8, 4) is 5.75 Å². The molecule has 0 saturated carbocycles. The van der Waals surface area contributed by atoms with Crippen LogP contribution in [0.5, 0.6) is 5.75 Å². The van der Waals surface area contributed by atoms with E-state index in [-0.39, 0.29) is 23.8 Å². The number of carboxylic acid groups (broad SMARTS) is 1. The van der Waals surface area contributed by atoms with Crippen LogP contribution in [0.15, 0.2) is 42.7 Å². The number of amides is 1. The number of rotatable bonds is 7. The predicted octanol–water partition coefficient (Wildman–Crippen LogP) is 6.12. The van der Waals surface area contributed by atoms with E-state index in [1.165, 1.54) is 14.0 Å². The highest BCUT2D eigenvalue weighted by atomic mass is 127. The van der Waals surface area contributed by atoms with Crippen molar-refractivity contribution in [1.29, 1.82) is 0 Å². The van der Waals surface area contributed by atoms with E-state index in [1.807, 2.05) is 24.3 Å². The highest BCUT2D eigenvalue weighted by Crippen LogP contribution is 2.40. The van der Waals surface area contributed by atoms with Gasteiger partial charge in [-0.15, -0.1) is 0 Å². The Balaban J connectivity index is 1.78. The van der Waals surface area contributed by atoms with Crippen LogP contribution in [0.25, 0.3) is 0 Å². The van der Waals surface area contributed by atoms with Gasteiger partial charge in [0, 0.05) is 16.0 Å². The van der Waals surface area contributed by atoms with Crippen molar-refractivity contribution in [2.75, 3.05) is 13.1 Å². The van der Waals surface area contributed by atoms with Gasteiger partial charge in [0.15, 0.2) is 8.32 Å². The molecule has 1 aliphatic heterocycles. The van der Waals surface area contributed by atoms with Crippen LogP contribution in [0.3, 0.4) is 0 Å². The van der Waals surface area contributed by atoms with E-state index in [4.69, 9.17) is 9.16 Å². The second-order valence-electron chi connectivity index (χ2n) is 9.87. The van der Waals surface area contributed by atoms with Crippen molar-refractivity contribution in [3.63, 3.8) is 0 Å². The molecule has 0 bridgehead atoms. The molecule has 1 aromatic carbocycles. The van der Waals surface area contributed by atoms with Gasteiger partial charge in [-0.25, -0.2) is 4.79 Å². The van der Waals surface area contributed by atoms with Crippen LogP contribution >= 0.6 is 22.6 Å². The van der Waals surface area contributed by atoms with Gasteiger partial charge in [0.05, 0.1) is 19.2 Å². The zero-order valence-corrected chi connectivity index (χ0v) is 22.6. The topological polar surface area (TPSA) is 71.9 Å². The standard InChI is InChI=1S/C24H33IN2O4Si/c1-24(2,3)32(4,5)31-22(18-7-6-12-26-14-18)16-27(23(28)29)15-20-10-8-17-13-19(25)9-11-21(17)30-20/h6-7,9,11-14,20,22H,8,10,15-16H2,1-5H3,(H,28,29)/t20-,22+/m1/s1. The quantitative estimate of drug-likeness (QED) is 0.322. The number of halogens is 1. The third kappa shape index (κ3) is 6.23. The molecular weight excluding hydrogens is 535 g/mol. The van der Waals surface area contributed by atoms with Gasteiger partial charge in [-0.05, 0) is 89.0 Å². The number of nitrogens with zero attached hydrogens (tertiary/aromatic N) is 2. The Hall–Kier alpha value is -1.65. The fourth-order valence-corrected chi connectivity index (χ4v) is 5.36. The van der Waals surface area contributed by atoms with E-state index in [0.29, 0.717) is 6.54 Å². The molecule has 0 fully saturated rings. The normalized spacial score (nSPS) is 17.2. The van der Waals surface area contributed by atoms with Crippen molar-refractivity contribution in [1.82, 2.24) is 9.88 Å². The number of benzene rings is 1. The van der Waals surface area contributed by atoms with Crippen LogP contribution < -0.4 is 4.74 Å². The molecule has 0 radical (unpaired) electrons. The van der Waals surface area contributed by atoms with E-state index < -0.39 is 14.4 Å². The maximum Gasteiger partial charge on any atom is 0.407 e. The fourth-order valence-electron chi connectivity index (χ4n) is 3.53. The first-order valence-corrected chi connectivity index (χ1v) is 15.0. The van der Waals surface area contributed by atoms with Crippen molar-refractivity contribution < 1.29 is 19.1 Å². The van der Waals surface area contributed by atoms with Crippen LogP contribution in [-0.4, -0.2) is 48.6 Å². The molecule has 8 heteroatoms. The zero-order chi connectivity index (χ0) is 23.5. The summed E-state index contributed by atoms with van der Waals surface area (Å²) in [6.07, 6.45) is 3.64. The number of hydrogen-bond donors (Lipinski definition) is 1. The van der Waals surface area contributed by atoms with E-state index in [0.717, 1.165) is 24.2 Å². The number of hydrogen-bond acceptors (Lipinski definition) is 4. The van der Waals surface area contributed by atoms with Gasteiger partial charge in [-0.1, -0.05) is 26.8 Å². The summed E-state index contributed by atoms with van der Waals surface area (Å²) in [7, 11) is -2.14. The average molecular weight is 569 g/mol. The molecule has 2 aromatic rings. The molecule has 0 spiro atoms. The van der Waals surface area contributed by atoms with E-state index in [9.17, 15) is 9.90 Å². The Labute approximate surface area is 205 Å². The molecular formula is C24H33IN2O4Si. The lowest BCUT2D eigenvalue weighted by Gasteiger charge is -2.40. The zero-order valence-electron chi connectivity index (χ0n) is 19.5. The Morgan fingerprint density at radius 3 is 2.75 bits per heavy atom. The molecule has 0 unspecified atom stereocenters. The van der Waals surface area contributed by atoms with Gasteiger partial charge in [-0.3, -0.25) is 4.98 Å². The molecule has 1 amide bonds. The van der Waals surface area contributed by atoms with E-state index in [1.54, 1.807) is 12.4 Å². The second kappa shape index (κ2) is 10.1. The molecule has 1 N–H and O–H groups in total. The van der Waals surface area contributed by atoms with E-state index in [2.05, 4.69) is 67.5 Å². The molecule has 0 aliphatic carbocycles. The van der Waals surface area contributed by atoms with Crippen LogP contribution in [0.4, 0.5) is 4.79 Å². The Bertz CT molecular complexity index is 933. The minimum absolute atomic E-state index is 0.00914. The lowest BCUT2D eigenvalue weighted by molar-refractivity contribution is 0.0688. The van der Waals surface area contributed by atoms with Gasteiger partial charge >= 0.3 is 6.09 Å². The first-order valence-electron chi connectivity index (χ1n) is 11.0. The molecule has 1 aromatic heterocycles. The van der Waals surface area contributed by atoms with Crippen molar-refractivity contribution in [2.45, 2.75) is 64.0 Å². The Kier molecular flexibility index (Phi) is 7.88. The maximum atomic E-state index is 12.2. The van der Waals surface area contributed by atoms with Gasteiger partial charge in [-0.2, -0.15) is 0 Å². The minimum atomic E-state index is -2.14. The summed E-state index contributed by atoms with van der Waals surface area (Å²) in [5.41, 5.74) is 2.08. The average Bonchev–Trinajstić information content (AvgIpc) is 2.72. The van der Waals surface area contributed by atoms with Crippen LogP contribution in [-0.2, 0) is 10.8 Å². The van der Waals surface area contributed by atoms with Crippen LogP contribution in [0.2, 0.25) is 18.1 Å². The highest BCUT2D eigenvalue weighted by molar-refractivity contribution is 14.1. The lowest BCUT2D eigenvalue weighted by atomic mass is 10.0.